The molecule has 2 saturated heterocycles. The molecular formula is C27H28FN5O4S. The van der Waals surface area contributed by atoms with Crippen LogP contribution in [0, 0.1) is 26.6 Å². The number of hydrogen-bond donors (Lipinski definition) is 0. The summed E-state index contributed by atoms with van der Waals surface area (Å²) in [6.07, 6.45) is 3.26. The van der Waals surface area contributed by atoms with Crippen LogP contribution in [0.5, 0.6) is 0 Å². The van der Waals surface area contributed by atoms with Gasteiger partial charge in [0, 0.05) is 24.1 Å². The third-order valence-corrected chi connectivity index (χ3v) is 9.44. The summed E-state index contributed by atoms with van der Waals surface area (Å²) in [7, 11) is -3.07. The Morgan fingerprint density at radius 2 is 1.82 bits per heavy atom. The second kappa shape index (κ2) is 9.00. The van der Waals surface area contributed by atoms with Crippen LogP contribution in [-0.2, 0) is 14.6 Å². The molecule has 2 aliphatic rings. The van der Waals surface area contributed by atoms with Crippen LogP contribution in [0.2, 0.25) is 0 Å². The van der Waals surface area contributed by atoms with Gasteiger partial charge >= 0.3 is 0 Å². The van der Waals surface area contributed by atoms with Crippen molar-refractivity contribution in [2.24, 2.45) is 0 Å². The lowest BCUT2D eigenvalue weighted by Crippen LogP contribution is -2.32. The highest BCUT2D eigenvalue weighted by molar-refractivity contribution is 7.91. The first-order chi connectivity index (χ1) is 18.1. The van der Waals surface area contributed by atoms with Crippen molar-refractivity contribution in [3.8, 4) is 11.1 Å². The summed E-state index contributed by atoms with van der Waals surface area (Å²) >= 11 is 0. The maximum absolute atomic E-state index is 14.5. The second-order valence-electron chi connectivity index (χ2n) is 10.2. The molecule has 0 bridgehead atoms. The maximum Gasteiger partial charge on any atom is 0.227 e. The minimum atomic E-state index is -3.07. The van der Waals surface area contributed by atoms with Gasteiger partial charge in [-0.15, -0.1) is 0 Å². The van der Waals surface area contributed by atoms with E-state index in [9.17, 15) is 17.6 Å². The summed E-state index contributed by atoms with van der Waals surface area (Å²) in [6, 6.07) is 6.79. The Hall–Kier alpha value is -3.60. The van der Waals surface area contributed by atoms with Gasteiger partial charge in [-0.25, -0.2) is 17.8 Å². The van der Waals surface area contributed by atoms with E-state index in [1.165, 1.54) is 12.3 Å². The lowest BCUT2D eigenvalue weighted by molar-refractivity contribution is -0.117. The summed E-state index contributed by atoms with van der Waals surface area (Å²) in [4.78, 5) is 23.8. The summed E-state index contributed by atoms with van der Waals surface area (Å²) < 4.78 is 46.4. The predicted octanol–water partition coefficient (Wildman–Crippen LogP) is 4.77. The molecular weight excluding hydrogens is 509 g/mol. The molecule has 2 aliphatic heterocycles. The molecule has 1 aromatic carbocycles. The average molecular weight is 538 g/mol. The Morgan fingerprint density at radius 1 is 1.05 bits per heavy atom. The van der Waals surface area contributed by atoms with E-state index < -0.39 is 21.7 Å². The van der Waals surface area contributed by atoms with Crippen molar-refractivity contribution in [1.82, 2.24) is 19.7 Å². The van der Waals surface area contributed by atoms with Crippen molar-refractivity contribution < 1.29 is 22.1 Å². The largest absolute Gasteiger partial charge is 0.361 e. The van der Waals surface area contributed by atoms with Crippen LogP contribution in [0.25, 0.3) is 22.2 Å². The van der Waals surface area contributed by atoms with Crippen molar-refractivity contribution in [2.75, 3.05) is 16.4 Å². The number of carbonyl (C=O) groups excluding carboxylic acids is 1. The Morgan fingerprint density at radius 3 is 2.50 bits per heavy atom. The standard InChI is InChI=1S/C27H28FN5O4S/c1-15-21(28)13-20(14-29-15)32-24(6-7-25(32)34)27-30-22-12-18(26-16(2)31-37-17(26)3)4-5-23(22)33(27)19-8-10-38(35,36)11-9-19/h4-5,12-14,19,24H,6-11H2,1-3H3/t24-/m0/s1. The minimum Gasteiger partial charge on any atom is -0.361 e. The van der Waals surface area contributed by atoms with Gasteiger partial charge < -0.3 is 14.0 Å². The zero-order chi connectivity index (χ0) is 26.8. The molecule has 38 heavy (non-hydrogen) atoms. The highest BCUT2D eigenvalue weighted by atomic mass is 32.2. The molecule has 0 unspecified atom stereocenters. The number of hydrogen-bond acceptors (Lipinski definition) is 7. The van der Waals surface area contributed by atoms with Gasteiger partial charge in [-0.2, -0.15) is 0 Å². The van der Waals surface area contributed by atoms with Crippen LogP contribution in [0.1, 0.15) is 60.7 Å². The first kappa shape index (κ1) is 24.7. The molecule has 6 rings (SSSR count). The number of anilines is 1. The number of imidazole rings is 1. The molecule has 0 spiro atoms. The quantitative estimate of drug-likeness (QED) is 0.369. The lowest BCUT2D eigenvalue weighted by atomic mass is 10.0. The first-order valence-corrected chi connectivity index (χ1v) is 14.5. The fourth-order valence-corrected chi connectivity index (χ4v) is 7.27. The van der Waals surface area contributed by atoms with E-state index in [0.717, 1.165) is 27.9 Å². The number of aromatic nitrogens is 4. The summed E-state index contributed by atoms with van der Waals surface area (Å²) in [6.45, 7) is 5.33. The van der Waals surface area contributed by atoms with E-state index in [-0.39, 0.29) is 29.1 Å². The SMILES string of the molecule is Cc1ncc(N2C(=O)CC[C@H]2c2nc3cc(-c4c(C)noc4C)ccc3n2C2CCS(=O)(=O)CC2)cc1F. The Kier molecular flexibility index (Phi) is 5.86. The molecule has 198 valence electrons. The zero-order valence-electron chi connectivity index (χ0n) is 21.4. The van der Waals surface area contributed by atoms with Crippen molar-refractivity contribution in [3.05, 3.63) is 59.3 Å². The Balaban J connectivity index is 1.51. The molecule has 0 N–H and O–H groups in total. The molecule has 1 atom stereocenters. The monoisotopic (exact) mass is 537 g/mol. The second-order valence-corrected chi connectivity index (χ2v) is 12.5. The Labute approximate surface area is 219 Å². The van der Waals surface area contributed by atoms with Crippen LogP contribution in [0.4, 0.5) is 10.1 Å². The van der Waals surface area contributed by atoms with Gasteiger partial charge in [0.25, 0.3) is 0 Å². The van der Waals surface area contributed by atoms with E-state index >= 15 is 0 Å². The molecule has 4 aromatic rings. The van der Waals surface area contributed by atoms with E-state index in [0.29, 0.717) is 43.0 Å². The van der Waals surface area contributed by atoms with Gasteiger partial charge in [0.2, 0.25) is 5.91 Å². The molecule has 11 heteroatoms. The Bertz CT molecular complexity index is 1660. The summed E-state index contributed by atoms with van der Waals surface area (Å²) in [5, 5.41) is 4.07. The number of amides is 1. The summed E-state index contributed by atoms with van der Waals surface area (Å²) in [5.41, 5.74) is 4.86. The number of sulfone groups is 1. The number of carbonyl (C=O) groups is 1. The van der Waals surface area contributed by atoms with Gasteiger partial charge in [0.15, 0.2) is 0 Å². The maximum atomic E-state index is 14.5. The molecule has 5 heterocycles. The molecule has 0 aliphatic carbocycles. The third-order valence-electron chi connectivity index (χ3n) is 7.73. The predicted molar refractivity (Wildman–Crippen MR) is 140 cm³/mol. The average Bonchev–Trinajstić information content (AvgIpc) is 3.55. The van der Waals surface area contributed by atoms with E-state index in [2.05, 4.69) is 14.7 Å². The van der Waals surface area contributed by atoms with Crippen molar-refractivity contribution in [2.45, 2.75) is 58.5 Å². The fraction of sp³-hybridized carbons (Fsp3) is 0.407. The van der Waals surface area contributed by atoms with E-state index in [1.54, 1.807) is 11.8 Å². The molecule has 2 fully saturated rings. The van der Waals surface area contributed by atoms with Gasteiger partial charge in [0.05, 0.1) is 51.9 Å². The van der Waals surface area contributed by atoms with Gasteiger partial charge in [-0.3, -0.25) is 9.78 Å². The van der Waals surface area contributed by atoms with Gasteiger partial charge in [-0.05, 0) is 57.7 Å². The van der Waals surface area contributed by atoms with Crippen LogP contribution in [0.3, 0.4) is 0 Å². The van der Waals surface area contributed by atoms with Crippen molar-refractivity contribution >= 4 is 32.5 Å². The van der Waals surface area contributed by atoms with E-state index in [4.69, 9.17) is 9.51 Å². The zero-order valence-corrected chi connectivity index (χ0v) is 22.3. The number of benzene rings is 1. The van der Waals surface area contributed by atoms with Crippen LogP contribution in [-0.4, -0.2) is 45.5 Å². The van der Waals surface area contributed by atoms with Gasteiger partial charge in [-0.1, -0.05) is 11.2 Å². The number of fused-ring (bicyclic) bond motifs is 1. The molecule has 0 saturated carbocycles. The van der Waals surface area contributed by atoms with Crippen molar-refractivity contribution in [3.63, 3.8) is 0 Å². The number of rotatable bonds is 4. The van der Waals surface area contributed by atoms with Crippen LogP contribution >= 0.6 is 0 Å². The molecule has 9 nitrogen and oxygen atoms in total. The summed E-state index contributed by atoms with van der Waals surface area (Å²) in [5.74, 6) is 0.993. The topological polar surface area (TPSA) is 111 Å². The first-order valence-electron chi connectivity index (χ1n) is 12.7. The smallest absolute Gasteiger partial charge is 0.227 e. The minimum absolute atomic E-state index is 0.0890. The normalized spacial score (nSPS) is 20.1. The lowest BCUT2D eigenvalue weighted by Gasteiger charge is -2.30. The molecule has 1 amide bonds. The number of pyridine rings is 1. The highest BCUT2D eigenvalue weighted by Crippen LogP contribution is 2.41. The third kappa shape index (κ3) is 4.09. The number of halogens is 1. The van der Waals surface area contributed by atoms with Gasteiger partial charge in [0.1, 0.15) is 27.2 Å². The fourth-order valence-electron chi connectivity index (χ4n) is 5.80. The van der Waals surface area contributed by atoms with Crippen LogP contribution in [0.15, 0.2) is 35.0 Å². The van der Waals surface area contributed by atoms with E-state index in [1.807, 2.05) is 32.0 Å². The molecule has 3 aromatic heterocycles. The molecule has 0 radical (unpaired) electrons. The van der Waals surface area contributed by atoms with Crippen LogP contribution < -0.4 is 4.90 Å². The number of aryl methyl sites for hydroxylation is 3. The highest BCUT2D eigenvalue weighted by Gasteiger charge is 2.39. The van der Waals surface area contributed by atoms with Crippen molar-refractivity contribution in [1.29, 1.82) is 0 Å². The number of nitrogens with zero attached hydrogens (tertiary/aromatic N) is 5.